The molecule has 0 atom stereocenters. The Hall–Kier alpha value is -1.83. The van der Waals surface area contributed by atoms with Crippen molar-refractivity contribution in [3.63, 3.8) is 0 Å². The molecule has 0 amide bonds. The van der Waals surface area contributed by atoms with Crippen molar-refractivity contribution in [3.05, 3.63) is 45.5 Å². The standard InChI is InChI=1S/C15H19N3O3S/c1-15(2,6-7-19)16-9-12-10-22-14(17-12)11-4-3-5-13(8-11)18(20)21/h3-5,8,10,16,19H,6-7,9H2,1-2H3. The molecule has 0 aliphatic carbocycles. The fraction of sp³-hybridized carbons (Fsp3) is 0.400. The van der Waals surface area contributed by atoms with Gasteiger partial charge in [-0.1, -0.05) is 12.1 Å². The predicted molar refractivity (Wildman–Crippen MR) is 86.8 cm³/mol. The molecule has 0 fully saturated rings. The van der Waals surface area contributed by atoms with E-state index in [1.165, 1.54) is 23.5 Å². The summed E-state index contributed by atoms with van der Waals surface area (Å²) in [6.07, 6.45) is 0.662. The maximum atomic E-state index is 10.8. The highest BCUT2D eigenvalue weighted by Gasteiger charge is 2.17. The minimum absolute atomic E-state index is 0.0662. The zero-order valence-electron chi connectivity index (χ0n) is 12.6. The molecule has 2 aromatic rings. The number of aliphatic hydroxyl groups is 1. The minimum Gasteiger partial charge on any atom is -0.396 e. The first kappa shape index (κ1) is 16.5. The number of benzene rings is 1. The molecule has 2 N–H and O–H groups in total. The van der Waals surface area contributed by atoms with Gasteiger partial charge in [0.15, 0.2) is 0 Å². The van der Waals surface area contributed by atoms with Crippen LogP contribution in [0.5, 0.6) is 0 Å². The first-order valence-electron chi connectivity index (χ1n) is 6.96. The van der Waals surface area contributed by atoms with E-state index in [-0.39, 0.29) is 17.8 Å². The lowest BCUT2D eigenvalue weighted by molar-refractivity contribution is -0.384. The number of rotatable bonds is 7. The molecule has 0 saturated carbocycles. The molecule has 2 rings (SSSR count). The minimum atomic E-state index is -0.406. The summed E-state index contributed by atoms with van der Waals surface area (Å²) in [5, 5.41) is 25.9. The van der Waals surface area contributed by atoms with Crippen LogP contribution in [0.2, 0.25) is 0 Å². The van der Waals surface area contributed by atoms with E-state index in [0.29, 0.717) is 13.0 Å². The van der Waals surface area contributed by atoms with Crippen LogP contribution in [0.15, 0.2) is 29.6 Å². The monoisotopic (exact) mass is 321 g/mol. The van der Waals surface area contributed by atoms with Crippen molar-refractivity contribution in [2.75, 3.05) is 6.61 Å². The van der Waals surface area contributed by atoms with Crippen LogP contribution in [-0.4, -0.2) is 27.2 Å². The van der Waals surface area contributed by atoms with Gasteiger partial charge in [0.05, 0.1) is 10.6 Å². The number of nitro groups is 1. The Morgan fingerprint density at radius 3 is 2.91 bits per heavy atom. The largest absolute Gasteiger partial charge is 0.396 e. The lowest BCUT2D eigenvalue weighted by Crippen LogP contribution is -2.39. The van der Waals surface area contributed by atoms with E-state index in [2.05, 4.69) is 10.3 Å². The van der Waals surface area contributed by atoms with Crippen LogP contribution in [0.3, 0.4) is 0 Å². The Balaban J connectivity index is 2.08. The molecule has 1 aromatic heterocycles. The summed E-state index contributed by atoms with van der Waals surface area (Å²) in [6.45, 7) is 4.78. The van der Waals surface area contributed by atoms with Gasteiger partial charge in [-0.05, 0) is 20.3 Å². The van der Waals surface area contributed by atoms with Gasteiger partial charge >= 0.3 is 0 Å². The molecule has 0 aliphatic rings. The van der Waals surface area contributed by atoms with Gasteiger partial charge in [0.25, 0.3) is 5.69 Å². The summed E-state index contributed by atoms with van der Waals surface area (Å²) >= 11 is 1.46. The summed E-state index contributed by atoms with van der Waals surface area (Å²) < 4.78 is 0. The highest BCUT2D eigenvalue weighted by molar-refractivity contribution is 7.13. The van der Waals surface area contributed by atoms with Crippen molar-refractivity contribution in [3.8, 4) is 10.6 Å². The number of aromatic nitrogens is 1. The van der Waals surface area contributed by atoms with Gasteiger partial charge in [-0.15, -0.1) is 11.3 Å². The fourth-order valence-electron chi connectivity index (χ4n) is 1.97. The van der Waals surface area contributed by atoms with Gasteiger partial charge in [0, 0.05) is 41.8 Å². The molecule has 7 heteroatoms. The quantitative estimate of drug-likeness (QED) is 0.604. The van der Waals surface area contributed by atoms with Crippen LogP contribution >= 0.6 is 11.3 Å². The normalized spacial score (nSPS) is 11.6. The molecule has 0 unspecified atom stereocenters. The van der Waals surface area contributed by atoms with Gasteiger partial charge < -0.3 is 10.4 Å². The highest BCUT2D eigenvalue weighted by Crippen LogP contribution is 2.27. The lowest BCUT2D eigenvalue weighted by atomic mass is 10.0. The molecule has 118 valence electrons. The third-order valence-electron chi connectivity index (χ3n) is 3.34. The summed E-state index contributed by atoms with van der Waals surface area (Å²) in [7, 11) is 0. The molecular weight excluding hydrogens is 302 g/mol. The number of hydrogen-bond acceptors (Lipinski definition) is 6. The number of nitrogens with one attached hydrogen (secondary N) is 1. The smallest absolute Gasteiger partial charge is 0.270 e. The van der Waals surface area contributed by atoms with E-state index in [4.69, 9.17) is 5.11 Å². The number of aliphatic hydroxyl groups excluding tert-OH is 1. The maximum Gasteiger partial charge on any atom is 0.270 e. The molecule has 0 bridgehead atoms. The fourth-order valence-corrected chi connectivity index (χ4v) is 2.79. The van der Waals surface area contributed by atoms with Crippen molar-refractivity contribution in [1.29, 1.82) is 0 Å². The molecule has 0 radical (unpaired) electrons. The average molecular weight is 321 g/mol. The van der Waals surface area contributed by atoms with E-state index in [0.717, 1.165) is 16.3 Å². The van der Waals surface area contributed by atoms with Crippen molar-refractivity contribution in [2.24, 2.45) is 0 Å². The van der Waals surface area contributed by atoms with Crippen molar-refractivity contribution in [2.45, 2.75) is 32.4 Å². The van der Waals surface area contributed by atoms with Gasteiger partial charge in [-0.2, -0.15) is 0 Å². The molecular formula is C15H19N3O3S. The second-order valence-electron chi connectivity index (χ2n) is 5.66. The number of thiazole rings is 1. The zero-order chi connectivity index (χ0) is 16.2. The van der Waals surface area contributed by atoms with E-state index >= 15 is 0 Å². The first-order chi connectivity index (χ1) is 10.4. The first-order valence-corrected chi connectivity index (χ1v) is 7.84. The van der Waals surface area contributed by atoms with E-state index < -0.39 is 4.92 Å². The number of nitro benzene ring substituents is 1. The summed E-state index contributed by atoms with van der Waals surface area (Å²) in [6, 6.07) is 6.48. The van der Waals surface area contributed by atoms with Crippen LogP contribution in [-0.2, 0) is 6.54 Å². The zero-order valence-corrected chi connectivity index (χ0v) is 13.4. The molecule has 22 heavy (non-hydrogen) atoms. The van der Waals surface area contributed by atoms with Gasteiger partial charge in [0.1, 0.15) is 5.01 Å². The summed E-state index contributed by atoms with van der Waals surface area (Å²) in [5.74, 6) is 0. The second-order valence-corrected chi connectivity index (χ2v) is 6.52. The Kier molecular flexibility index (Phi) is 5.23. The Bertz CT molecular complexity index is 655. The van der Waals surface area contributed by atoms with Crippen molar-refractivity contribution < 1.29 is 10.0 Å². The van der Waals surface area contributed by atoms with E-state index in [9.17, 15) is 10.1 Å². The Morgan fingerprint density at radius 1 is 1.45 bits per heavy atom. The molecule has 0 spiro atoms. The van der Waals surface area contributed by atoms with Crippen molar-refractivity contribution in [1.82, 2.24) is 10.3 Å². The number of nitrogens with zero attached hydrogens (tertiary/aromatic N) is 2. The summed E-state index contributed by atoms with van der Waals surface area (Å²) in [5.41, 5.74) is 1.54. The maximum absolute atomic E-state index is 10.8. The van der Waals surface area contributed by atoms with Gasteiger partial charge in [0.2, 0.25) is 0 Å². The number of hydrogen-bond donors (Lipinski definition) is 2. The molecule has 1 aromatic carbocycles. The molecule has 0 saturated heterocycles. The van der Waals surface area contributed by atoms with Crippen LogP contribution in [0, 0.1) is 10.1 Å². The van der Waals surface area contributed by atoms with Crippen LogP contribution in [0.1, 0.15) is 26.0 Å². The van der Waals surface area contributed by atoms with Crippen LogP contribution in [0.4, 0.5) is 5.69 Å². The molecule has 6 nitrogen and oxygen atoms in total. The molecule has 0 aliphatic heterocycles. The topological polar surface area (TPSA) is 88.3 Å². The number of non-ortho nitro benzene ring substituents is 1. The third kappa shape index (κ3) is 4.33. The van der Waals surface area contributed by atoms with Crippen LogP contribution in [0.25, 0.3) is 10.6 Å². The Morgan fingerprint density at radius 2 is 2.23 bits per heavy atom. The van der Waals surface area contributed by atoms with E-state index in [1.807, 2.05) is 25.3 Å². The SMILES string of the molecule is CC(C)(CCO)NCc1csc(-c2cccc([N+](=O)[O-])c2)n1. The van der Waals surface area contributed by atoms with Crippen molar-refractivity contribution >= 4 is 17.0 Å². The lowest BCUT2D eigenvalue weighted by Gasteiger charge is -2.24. The summed E-state index contributed by atoms with van der Waals surface area (Å²) in [4.78, 5) is 14.9. The highest BCUT2D eigenvalue weighted by atomic mass is 32.1. The van der Waals surface area contributed by atoms with Gasteiger partial charge in [-0.3, -0.25) is 10.1 Å². The van der Waals surface area contributed by atoms with Gasteiger partial charge in [-0.25, -0.2) is 4.98 Å². The molecule has 1 heterocycles. The third-order valence-corrected chi connectivity index (χ3v) is 4.28. The average Bonchev–Trinajstić information content (AvgIpc) is 2.94. The van der Waals surface area contributed by atoms with Crippen LogP contribution < -0.4 is 5.32 Å². The van der Waals surface area contributed by atoms with E-state index in [1.54, 1.807) is 6.07 Å². The predicted octanol–water partition coefficient (Wildman–Crippen LogP) is 2.97. The second kappa shape index (κ2) is 6.95. The Labute approximate surface area is 133 Å².